The molecule has 0 unspecified atom stereocenters. The predicted molar refractivity (Wildman–Crippen MR) is 114 cm³/mol. The Bertz CT molecular complexity index is 827. The smallest absolute Gasteiger partial charge is 0.124 e. The SMILES string of the molecule is Cl.Fc1ccc(COc2ccc(Br)cc2CNCCc2ccccc2)cc1. The molecule has 0 aliphatic heterocycles. The number of hydrogen-bond acceptors (Lipinski definition) is 2. The van der Waals surface area contributed by atoms with Gasteiger partial charge in [0.2, 0.25) is 0 Å². The van der Waals surface area contributed by atoms with Crippen LogP contribution >= 0.6 is 28.3 Å². The molecule has 27 heavy (non-hydrogen) atoms. The summed E-state index contributed by atoms with van der Waals surface area (Å²) in [6.07, 6.45) is 0.987. The third-order valence-corrected chi connectivity index (χ3v) is 4.57. The minimum atomic E-state index is -0.235. The molecule has 1 N–H and O–H groups in total. The number of halogens is 3. The molecular weight excluding hydrogens is 429 g/mol. The van der Waals surface area contributed by atoms with Gasteiger partial charge in [-0.3, -0.25) is 0 Å². The highest BCUT2D eigenvalue weighted by molar-refractivity contribution is 9.10. The predicted octanol–water partition coefficient (Wildman–Crippen LogP) is 5.92. The van der Waals surface area contributed by atoms with Crippen LogP contribution in [0, 0.1) is 5.82 Å². The van der Waals surface area contributed by atoms with Crippen molar-refractivity contribution in [3.8, 4) is 5.75 Å². The maximum Gasteiger partial charge on any atom is 0.124 e. The largest absolute Gasteiger partial charge is 0.489 e. The molecule has 0 aliphatic carbocycles. The second-order valence-electron chi connectivity index (χ2n) is 6.08. The van der Waals surface area contributed by atoms with Crippen LogP contribution in [0.5, 0.6) is 5.75 Å². The fourth-order valence-corrected chi connectivity index (χ4v) is 3.08. The van der Waals surface area contributed by atoms with Gasteiger partial charge in [-0.15, -0.1) is 12.4 Å². The number of rotatable bonds is 8. The van der Waals surface area contributed by atoms with Crippen LogP contribution in [0.4, 0.5) is 4.39 Å². The van der Waals surface area contributed by atoms with Crippen LogP contribution in [0.15, 0.2) is 77.3 Å². The van der Waals surface area contributed by atoms with E-state index < -0.39 is 0 Å². The van der Waals surface area contributed by atoms with Gasteiger partial charge in [0.05, 0.1) is 0 Å². The Balaban J connectivity index is 0.00000261. The Morgan fingerprint density at radius 2 is 1.63 bits per heavy atom. The molecule has 0 atom stereocenters. The molecule has 142 valence electrons. The maximum atomic E-state index is 13.0. The summed E-state index contributed by atoms with van der Waals surface area (Å²) in [6, 6.07) is 22.8. The van der Waals surface area contributed by atoms with E-state index in [1.54, 1.807) is 12.1 Å². The molecule has 0 fully saturated rings. The van der Waals surface area contributed by atoms with Gasteiger partial charge in [0.1, 0.15) is 18.2 Å². The summed E-state index contributed by atoms with van der Waals surface area (Å²) in [4.78, 5) is 0. The van der Waals surface area contributed by atoms with E-state index in [-0.39, 0.29) is 18.2 Å². The van der Waals surface area contributed by atoms with E-state index in [1.807, 2.05) is 18.2 Å². The molecule has 3 rings (SSSR count). The summed E-state index contributed by atoms with van der Waals surface area (Å²) in [5.74, 6) is 0.602. The van der Waals surface area contributed by atoms with Gasteiger partial charge in [-0.25, -0.2) is 4.39 Å². The van der Waals surface area contributed by atoms with Crippen molar-refractivity contribution in [2.75, 3.05) is 6.54 Å². The molecule has 2 nitrogen and oxygen atoms in total. The summed E-state index contributed by atoms with van der Waals surface area (Å²) in [7, 11) is 0. The van der Waals surface area contributed by atoms with Crippen LogP contribution in [-0.4, -0.2) is 6.54 Å². The van der Waals surface area contributed by atoms with Crippen molar-refractivity contribution in [2.24, 2.45) is 0 Å². The maximum absolute atomic E-state index is 13.0. The molecule has 3 aromatic carbocycles. The fourth-order valence-electron chi connectivity index (χ4n) is 2.67. The zero-order valence-electron chi connectivity index (χ0n) is 14.8. The van der Waals surface area contributed by atoms with E-state index in [4.69, 9.17) is 4.74 Å². The molecule has 0 amide bonds. The molecule has 0 heterocycles. The summed E-state index contributed by atoms with van der Waals surface area (Å²) < 4.78 is 20.0. The number of nitrogens with one attached hydrogen (secondary N) is 1. The van der Waals surface area contributed by atoms with E-state index in [9.17, 15) is 4.39 Å². The number of hydrogen-bond donors (Lipinski definition) is 1. The summed E-state index contributed by atoms with van der Waals surface area (Å²) in [6.45, 7) is 2.04. The highest BCUT2D eigenvalue weighted by atomic mass is 79.9. The van der Waals surface area contributed by atoms with Gasteiger partial charge in [0.15, 0.2) is 0 Å². The third-order valence-electron chi connectivity index (χ3n) is 4.08. The van der Waals surface area contributed by atoms with Crippen LogP contribution in [0.2, 0.25) is 0 Å². The van der Waals surface area contributed by atoms with E-state index >= 15 is 0 Å². The summed E-state index contributed by atoms with van der Waals surface area (Å²) in [5, 5.41) is 3.47. The fraction of sp³-hybridized carbons (Fsp3) is 0.182. The second kappa shape index (κ2) is 11.1. The Kier molecular flexibility index (Phi) is 8.79. The van der Waals surface area contributed by atoms with Gasteiger partial charge in [0.25, 0.3) is 0 Å². The lowest BCUT2D eigenvalue weighted by Crippen LogP contribution is -2.17. The molecule has 0 spiro atoms. The first-order chi connectivity index (χ1) is 12.7. The lowest BCUT2D eigenvalue weighted by molar-refractivity contribution is 0.302. The standard InChI is InChI=1S/C22H21BrFNO.ClH/c23-20-8-11-22(26-16-18-6-9-21(24)10-7-18)19(14-20)15-25-13-12-17-4-2-1-3-5-17;/h1-11,14,25H,12-13,15-16H2;1H. The normalized spacial score (nSPS) is 10.3. The lowest BCUT2D eigenvalue weighted by Gasteiger charge is -2.13. The van der Waals surface area contributed by atoms with Crippen molar-refractivity contribution in [1.82, 2.24) is 5.32 Å². The Labute approximate surface area is 174 Å². The van der Waals surface area contributed by atoms with Crippen molar-refractivity contribution in [1.29, 1.82) is 0 Å². The van der Waals surface area contributed by atoms with Crippen molar-refractivity contribution in [3.05, 3.63) is 99.8 Å². The molecule has 0 saturated carbocycles. The van der Waals surface area contributed by atoms with Gasteiger partial charge < -0.3 is 10.1 Å². The quantitative estimate of drug-likeness (QED) is 0.430. The minimum absolute atomic E-state index is 0. The van der Waals surface area contributed by atoms with Crippen molar-refractivity contribution in [3.63, 3.8) is 0 Å². The first kappa shape index (κ1) is 21.4. The van der Waals surface area contributed by atoms with E-state index in [0.29, 0.717) is 6.61 Å². The van der Waals surface area contributed by atoms with Crippen molar-refractivity contribution in [2.45, 2.75) is 19.6 Å². The second-order valence-corrected chi connectivity index (χ2v) is 7.00. The molecule has 3 aromatic rings. The Morgan fingerprint density at radius 1 is 0.889 bits per heavy atom. The highest BCUT2D eigenvalue weighted by Crippen LogP contribution is 2.24. The van der Waals surface area contributed by atoms with E-state index in [2.05, 4.69) is 51.6 Å². The lowest BCUT2D eigenvalue weighted by atomic mass is 10.1. The van der Waals surface area contributed by atoms with Crippen LogP contribution in [0.1, 0.15) is 16.7 Å². The molecule has 0 aromatic heterocycles. The highest BCUT2D eigenvalue weighted by Gasteiger charge is 2.06. The molecule has 0 saturated heterocycles. The third kappa shape index (κ3) is 6.98. The van der Waals surface area contributed by atoms with Crippen molar-refractivity contribution < 1.29 is 9.13 Å². The zero-order chi connectivity index (χ0) is 18.2. The first-order valence-corrected chi connectivity index (χ1v) is 9.40. The molecule has 5 heteroatoms. The summed E-state index contributed by atoms with van der Waals surface area (Å²) in [5.41, 5.74) is 3.36. The van der Waals surface area contributed by atoms with Crippen molar-refractivity contribution >= 4 is 28.3 Å². The van der Waals surface area contributed by atoms with Crippen LogP contribution in [0.25, 0.3) is 0 Å². The molecule has 0 bridgehead atoms. The minimum Gasteiger partial charge on any atom is -0.489 e. The van der Waals surface area contributed by atoms with Gasteiger partial charge in [-0.1, -0.05) is 58.4 Å². The zero-order valence-corrected chi connectivity index (χ0v) is 17.2. The van der Waals surface area contributed by atoms with E-state index in [0.717, 1.165) is 40.9 Å². The van der Waals surface area contributed by atoms with Crippen LogP contribution in [-0.2, 0) is 19.6 Å². The molecular formula is C22H22BrClFNO. The average molecular weight is 451 g/mol. The molecule has 0 radical (unpaired) electrons. The van der Waals surface area contributed by atoms with Gasteiger partial charge in [-0.2, -0.15) is 0 Å². The van der Waals surface area contributed by atoms with Crippen LogP contribution < -0.4 is 10.1 Å². The number of ether oxygens (including phenoxy) is 1. The van der Waals surface area contributed by atoms with Gasteiger partial charge in [-0.05, 0) is 54.4 Å². The van der Waals surface area contributed by atoms with Gasteiger partial charge >= 0.3 is 0 Å². The van der Waals surface area contributed by atoms with E-state index in [1.165, 1.54) is 17.7 Å². The topological polar surface area (TPSA) is 21.3 Å². The number of benzene rings is 3. The van der Waals surface area contributed by atoms with Gasteiger partial charge in [0, 0.05) is 16.6 Å². The monoisotopic (exact) mass is 449 g/mol. The Morgan fingerprint density at radius 3 is 2.37 bits per heavy atom. The molecule has 0 aliphatic rings. The first-order valence-electron chi connectivity index (χ1n) is 8.61. The summed E-state index contributed by atoms with van der Waals surface area (Å²) >= 11 is 3.52. The average Bonchev–Trinajstić information content (AvgIpc) is 2.67. The Hall–Kier alpha value is -1.88. The van der Waals surface area contributed by atoms with Crippen LogP contribution in [0.3, 0.4) is 0 Å².